The van der Waals surface area contributed by atoms with Crippen molar-refractivity contribution < 1.29 is 0 Å². The standard InChI is InChI=1S/C25H48/c1-3-5-7-9-11-13-15-17-19-21-23-25-24-22-20-18-16-14-12-10-8-6-4-2/h17,19H,1-16,18,20-25H2/b19-17+. The van der Waals surface area contributed by atoms with Crippen LogP contribution in [-0.2, 0) is 0 Å². The van der Waals surface area contributed by atoms with Gasteiger partial charge in [-0.05, 0) is 25.7 Å². The van der Waals surface area contributed by atoms with Crippen LogP contribution in [0.25, 0.3) is 0 Å². The Morgan fingerprint density at radius 1 is 0.320 bits per heavy atom. The van der Waals surface area contributed by atoms with E-state index in [1.807, 2.05) is 0 Å². The molecule has 0 aliphatic heterocycles. The molecule has 0 aliphatic carbocycles. The van der Waals surface area contributed by atoms with E-state index in [2.05, 4.69) is 26.0 Å². The SMILES string of the molecule is [CH2]CCCCCCC/C=C/CCCCCCCCCCCCCC[CH2]. The Kier molecular flexibility index (Phi) is 23.5. The Morgan fingerprint density at radius 2 is 0.560 bits per heavy atom. The van der Waals surface area contributed by atoms with Crippen LogP contribution >= 0.6 is 0 Å². The van der Waals surface area contributed by atoms with Gasteiger partial charge in [0.05, 0.1) is 0 Å². The van der Waals surface area contributed by atoms with Crippen LogP contribution in [0, 0.1) is 13.8 Å². The Balaban J connectivity index is 3.03. The summed E-state index contributed by atoms with van der Waals surface area (Å²) in [6.07, 6.45) is 33.7. The summed E-state index contributed by atoms with van der Waals surface area (Å²) in [6.45, 7) is 7.80. The Labute approximate surface area is 161 Å². The summed E-state index contributed by atoms with van der Waals surface area (Å²) in [5.41, 5.74) is 0. The second-order valence-electron chi connectivity index (χ2n) is 7.77. The summed E-state index contributed by atoms with van der Waals surface area (Å²) in [6, 6.07) is 0. The molecule has 0 aromatic carbocycles. The fourth-order valence-corrected chi connectivity index (χ4v) is 3.41. The average molecular weight is 349 g/mol. The third-order valence-corrected chi connectivity index (χ3v) is 5.16. The third-order valence-electron chi connectivity index (χ3n) is 5.16. The smallest absolute Gasteiger partial charge is 0.0351 e. The number of hydrogen-bond acceptors (Lipinski definition) is 0. The van der Waals surface area contributed by atoms with E-state index in [-0.39, 0.29) is 0 Å². The van der Waals surface area contributed by atoms with Crippen molar-refractivity contribution >= 4 is 0 Å². The summed E-state index contributed by atoms with van der Waals surface area (Å²) >= 11 is 0. The summed E-state index contributed by atoms with van der Waals surface area (Å²) in [4.78, 5) is 0. The van der Waals surface area contributed by atoms with E-state index in [1.165, 1.54) is 122 Å². The van der Waals surface area contributed by atoms with Gasteiger partial charge in [0.2, 0.25) is 0 Å². The first-order valence-corrected chi connectivity index (χ1v) is 11.6. The maximum absolute atomic E-state index is 3.90. The predicted octanol–water partition coefficient (Wildman–Crippen LogP) is 9.40. The lowest BCUT2D eigenvalue weighted by molar-refractivity contribution is 0.542. The zero-order chi connectivity index (χ0) is 18.3. The van der Waals surface area contributed by atoms with E-state index in [0.29, 0.717) is 0 Å². The van der Waals surface area contributed by atoms with E-state index in [9.17, 15) is 0 Å². The predicted molar refractivity (Wildman–Crippen MR) is 117 cm³/mol. The molecule has 0 heteroatoms. The van der Waals surface area contributed by atoms with Crippen molar-refractivity contribution in [2.45, 2.75) is 135 Å². The molecule has 0 fully saturated rings. The van der Waals surface area contributed by atoms with Gasteiger partial charge in [0.1, 0.15) is 0 Å². The molecule has 0 saturated carbocycles. The van der Waals surface area contributed by atoms with E-state index in [0.717, 1.165) is 12.8 Å². The number of hydrogen-bond donors (Lipinski definition) is 0. The highest BCUT2D eigenvalue weighted by Crippen LogP contribution is 2.13. The molecule has 0 unspecified atom stereocenters. The third kappa shape index (κ3) is 23.7. The lowest BCUT2D eigenvalue weighted by atomic mass is 10.0. The van der Waals surface area contributed by atoms with Crippen molar-refractivity contribution in [2.75, 3.05) is 0 Å². The van der Waals surface area contributed by atoms with Gasteiger partial charge in [0.25, 0.3) is 0 Å². The first kappa shape index (κ1) is 24.7. The molecule has 0 bridgehead atoms. The molecular formula is C25H48. The molecule has 0 N–H and O–H groups in total. The van der Waals surface area contributed by atoms with Crippen LogP contribution in [-0.4, -0.2) is 0 Å². The van der Waals surface area contributed by atoms with Gasteiger partial charge in [-0.3, -0.25) is 0 Å². The summed E-state index contributed by atoms with van der Waals surface area (Å²) < 4.78 is 0. The summed E-state index contributed by atoms with van der Waals surface area (Å²) in [7, 11) is 0. The highest BCUT2D eigenvalue weighted by atomic mass is 14.0. The fraction of sp³-hybridized carbons (Fsp3) is 0.840. The van der Waals surface area contributed by atoms with Gasteiger partial charge < -0.3 is 0 Å². The molecule has 0 heterocycles. The molecule has 0 aromatic heterocycles. The number of rotatable bonds is 21. The van der Waals surface area contributed by atoms with Crippen LogP contribution in [0.15, 0.2) is 12.2 Å². The second kappa shape index (κ2) is 23.7. The van der Waals surface area contributed by atoms with Crippen molar-refractivity contribution in [3.05, 3.63) is 26.0 Å². The Hall–Kier alpha value is -0.260. The van der Waals surface area contributed by atoms with Gasteiger partial charge in [0.15, 0.2) is 0 Å². The molecule has 2 radical (unpaired) electrons. The van der Waals surface area contributed by atoms with Gasteiger partial charge in [-0.15, -0.1) is 0 Å². The average Bonchev–Trinajstić information content (AvgIpc) is 2.63. The Bertz CT molecular complexity index is 240. The van der Waals surface area contributed by atoms with Gasteiger partial charge in [-0.1, -0.05) is 135 Å². The van der Waals surface area contributed by atoms with Gasteiger partial charge in [-0.2, -0.15) is 0 Å². The fourth-order valence-electron chi connectivity index (χ4n) is 3.41. The van der Waals surface area contributed by atoms with E-state index >= 15 is 0 Å². The van der Waals surface area contributed by atoms with Gasteiger partial charge in [-0.25, -0.2) is 0 Å². The molecule has 148 valence electrons. The largest absolute Gasteiger partial charge is 0.0885 e. The van der Waals surface area contributed by atoms with E-state index < -0.39 is 0 Å². The minimum absolute atomic E-state index is 1.11. The highest BCUT2D eigenvalue weighted by molar-refractivity contribution is 4.81. The van der Waals surface area contributed by atoms with Gasteiger partial charge >= 0.3 is 0 Å². The minimum Gasteiger partial charge on any atom is -0.0885 e. The molecule has 0 aromatic rings. The van der Waals surface area contributed by atoms with Crippen LogP contribution in [0.2, 0.25) is 0 Å². The first-order valence-electron chi connectivity index (χ1n) is 11.6. The maximum atomic E-state index is 3.90. The van der Waals surface area contributed by atoms with Crippen LogP contribution in [0.5, 0.6) is 0 Å². The first-order chi connectivity index (χ1) is 12.4. The van der Waals surface area contributed by atoms with Crippen molar-refractivity contribution in [3.63, 3.8) is 0 Å². The van der Waals surface area contributed by atoms with Gasteiger partial charge in [0, 0.05) is 0 Å². The zero-order valence-corrected chi connectivity index (χ0v) is 17.4. The molecule has 25 heavy (non-hydrogen) atoms. The van der Waals surface area contributed by atoms with Crippen LogP contribution in [0.4, 0.5) is 0 Å². The molecular weight excluding hydrogens is 300 g/mol. The maximum Gasteiger partial charge on any atom is -0.0351 e. The summed E-state index contributed by atoms with van der Waals surface area (Å²) in [5, 5.41) is 0. The highest BCUT2D eigenvalue weighted by Gasteiger charge is 1.93. The Morgan fingerprint density at radius 3 is 0.840 bits per heavy atom. The van der Waals surface area contributed by atoms with Crippen LogP contribution in [0.3, 0.4) is 0 Å². The van der Waals surface area contributed by atoms with Crippen molar-refractivity contribution in [1.82, 2.24) is 0 Å². The second-order valence-corrected chi connectivity index (χ2v) is 7.77. The minimum atomic E-state index is 1.11. The lowest BCUT2D eigenvalue weighted by Crippen LogP contribution is -1.82. The normalized spacial score (nSPS) is 11.6. The van der Waals surface area contributed by atoms with Crippen molar-refractivity contribution in [2.24, 2.45) is 0 Å². The molecule has 0 spiro atoms. The molecule has 0 atom stereocenters. The monoisotopic (exact) mass is 348 g/mol. The van der Waals surface area contributed by atoms with Crippen molar-refractivity contribution in [1.29, 1.82) is 0 Å². The zero-order valence-electron chi connectivity index (χ0n) is 17.4. The summed E-state index contributed by atoms with van der Waals surface area (Å²) in [5.74, 6) is 0. The lowest BCUT2D eigenvalue weighted by Gasteiger charge is -2.02. The van der Waals surface area contributed by atoms with Crippen molar-refractivity contribution in [3.8, 4) is 0 Å². The van der Waals surface area contributed by atoms with Crippen LogP contribution < -0.4 is 0 Å². The number of allylic oxidation sites excluding steroid dienone is 2. The molecule has 0 nitrogen and oxygen atoms in total. The molecule has 0 amide bonds. The molecule has 0 aliphatic rings. The number of unbranched alkanes of at least 4 members (excludes halogenated alkanes) is 19. The topological polar surface area (TPSA) is 0 Å². The quantitative estimate of drug-likeness (QED) is 0.143. The van der Waals surface area contributed by atoms with Crippen LogP contribution in [0.1, 0.15) is 135 Å². The van der Waals surface area contributed by atoms with E-state index in [1.54, 1.807) is 0 Å². The molecule has 0 saturated heterocycles. The molecule has 0 rings (SSSR count). The van der Waals surface area contributed by atoms with E-state index in [4.69, 9.17) is 0 Å².